The summed E-state index contributed by atoms with van der Waals surface area (Å²) in [6.45, 7) is 7.14. The molecular formula is C24H26N6O2. The summed E-state index contributed by atoms with van der Waals surface area (Å²) in [6.07, 6.45) is 9.54. The fraction of sp³-hybridized carbons (Fsp3) is 0.500. The quantitative estimate of drug-likeness (QED) is 0.620. The summed E-state index contributed by atoms with van der Waals surface area (Å²) < 4.78 is 9.14. The van der Waals surface area contributed by atoms with Crippen LogP contribution in [0.2, 0.25) is 0 Å². The second-order valence-electron chi connectivity index (χ2n) is 10.1. The summed E-state index contributed by atoms with van der Waals surface area (Å²) in [5, 5.41) is 19.0. The van der Waals surface area contributed by atoms with Crippen LogP contribution in [0.15, 0.2) is 36.9 Å². The number of carbonyl (C=O) groups excluding carboxylic acids is 1. The number of fused-ring (bicyclic) bond motifs is 1. The molecule has 3 fully saturated rings. The summed E-state index contributed by atoms with van der Waals surface area (Å²) in [7, 11) is 0. The van der Waals surface area contributed by atoms with Gasteiger partial charge >= 0.3 is 0 Å². The molecule has 1 aliphatic carbocycles. The number of hydrogen-bond acceptors (Lipinski definition) is 5. The molecule has 0 unspecified atom stereocenters. The zero-order valence-corrected chi connectivity index (χ0v) is 18.4. The van der Waals surface area contributed by atoms with Crippen molar-refractivity contribution >= 4 is 17.1 Å². The highest BCUT2D eigenvalue weighted by Gasteiger charge is 2.61. The largest absolute Gasteiger partial charge is 0.380 e. The van der Waals surface area contributed by atoms with Gasteiger partial charge in [-0.25, -0.2) is 4.52 Å². The average molecular weight is 431 g/mol. The summed E-state index contributed by atoms with van der Waals surface area (Å²) >= 11 is 0. The van der Waals surface area contributed by atoms with Gasteiger partial charge in [0.25, 0.3) is 0 Å². The van der Waals surface area contributed by atoms with Crippen LogP contribution in [0.25, 0.3) is 16.6 Å². The van der Waals surface area contributed by atoms with Gasteiger partial charge in [-0.1, -0.05) is 13.8 Å². The molecule has 5 heterocycles. The first-order valence-corrected chi connectivity index (χ1v) is 11.2. The Morgan fingerprint density at radius 1 is 1.25 bits per heavy atom. The highest BCUT2D eigenvalue weighted by molar-refractivity contribution is 6.05. The van der Waals surface area contributed by atoms with Crippen molar-refractivity contribution in [3.8, 4) is 17.2 Å². The Morgan fingerprint density at radius 3 is 2.75 bits per heavy atom. The molecule has 0 bridgehead atoms. The van der Waals surface area contributed by atoms with Crippen LogP contribution in [-0.4, -0.2) is 45.1 Å². The lowest BCUT2D eigenvalue weighted by molar-refractivity contribution is -0.124. The fourth-order valence-electron chi connectivity index (χ4n) is 5.43. The number of carbonyl (C=O) groups is 1. The monoisotopic (exact) mass is 430 g/mol. The molecule has 3 aromatic rings. The van der Waals surface area contributed by atoms with Crippen LogP contribution in [0.5, 0.6) is 0 Å². The molecule has 0 N–H and O–H groups in total. The Kier molecular flexibility index (Phi) is 4.06. The van der Waals surface area contributed by atoms with E-state index in [4.69, 9.17) is 4.74 Å². The average Bonchev–Trinajstić information content (AvgIpc) is 3.25. The van der Waals surface area contributed by atoms with Crippen LogP contribution >= 0.6 is 0 Å². The van der Waals surface area contributed by atoms with Crippen molar-refractivity contribution in [1.82, 2.24) is 19.4 Å². The van der Waals surface area contributed by atoms with Crippen molar-refractivity contribution in [1.29, 1.82) is 5.26 Å². The normalized spacial score (nSPS) is 27.0. The van der Waals surface area contributed by atoms with Gasteiger partial charge in [0.15, 0.2) is 0 Å². The smallest absolute Gasteiger partial charge is 0.248 e. The summed E-state index contributed by atoms with van der Waals surface area (Å²) in [5.41, 5.74) is 2.94. The first kappa shape index (κ1) is 19.5. The van der Waals surface area contributed by atoms with Crippen molar-refractivity contribution in [2.24, 2.45) is 22.7 Å². The zero-order valence-electron chi connectivity index (χ0n) is 18.4. The van der Waals surface area contributed by atoms with Gasteiger partial charge in [0.1, 0.15) is 5.41 Å². The Hall–Kier alpha value is -3.18. The van der Waals surface area contributed by atoms with E-state index in [9.17, 15) is 10.1 Å². The van der Waals surface area contributed by atoms with Gasteiger partial charge in [0.05, 0.1) is 43.2 Å². The van der Waals surface area contributed by atoms with E-state index >= 15 is 0 Å². The zero-order chi connectivity index (χ0) is 22.1. The summed E-state index contributed by atoms with van der Waals surface area (Å²) in [6, 6.07) is 6.35. The molecule has 0 aromatic carbocycles. The standard InChI is InChI=1S/C24H26N6O2/c1-16-9-29(22(31)24(16,12-25)19-3-4-19)20-5-6-26-30-11-17(7-21(20)30)18-8-27-28(10-18)13-23(2)14-32-15-23/h5-8,10-11,16,19H,3-4,9,13-15H2,1-2H3/t16-,24+/m1/s1. The van der Waals surface area contributed by atoms with E-state index in [0.29, 0.717) is 6.54 Å². The minimum absolute atomic E-state index is 0.00484. The molecule has 3 aliphatic rings. The van der Waals surface area contributed by atoms with Crippen LogP contribution in [0.4, 0.5) is 5.69 Å². The number of anilines is 1. The van der Waals surface area contributed by atoms with Crippen molar-refractivity contribution < 1.29 is 9.53 Å². The Balaban J connectivity index is 1.34. The van der Waals surface area contributed by atoms with E-state index in [2.05, 4.69) is 35.5 Å². The highest BCUT2D eigenvalue weighted by atomic mass is 16.5. The van der Waals surface area contributed by atoms with Crippen molar-refractivity contribution in [2.45, 2.75) is 33.2 Å². The van der Waals surface area contributed by atoms with Crippen LogP contribution in [0.3, 0.4) is 0 Å². The molecule has 0 radical (unpaired) electrons. The van der Waals surface area contributed by atoms with Gasteiger partial charge in [-0.3, -0.25) is 9.48 Å². The number of aromatic nitrogens is 4. The van der Waals surface area contributed by atoms with Gasteiger partial charge in [-0.15, -0.1) is 0 Å². The number of rotatable bonds is 5. The molecule has 1 amide bonds. The maximum absolute atomic E-state index is 13.5. The van der Waals surface area contributed by atoms with Crippen LogP contribution in [-0.2, 0) is 16.1 Å². The van der Waals surface area contributed by atoms with Gasteiger partial charge in [-0.2, -0.15) is 15.5 Å². The number of nitrogens with zero attached hydrogens (tertiary/aromatic N) is 6. The maximum atomic E-state index is 13.5. The minimum Gasteiger partial charge on any atom is -0.380 e. The Morgan fingerprint density at radius 2 is 2.06 bits per heavy atom. The SMILES string of the molecule is C[C@@H]1CN(c2ccnn3cc(-c4cnn(CC5(C)COC5)c4)cc23)C(=O)[C@]1(C#N)C1CC1. The second-order valence-corrected chi connectivity index (χ2v) is 10.1. The van der Waals surface area contributed by atoms with Crippen LogP contribution in [0.1, 0.15) is 26.7 Å². The van der Waals surface area contributed by atoms with Crippen molar-refractivity contribution in [2.75, 3.05) is 24.7 Å². The molecular weight excluding hydrogens is 404 g/mol. The molecule has 164 valence electrons. The third-order valence-corrected chi connectivity index (χ3v) is 7.43. The van der Waals surface area contributed by atoms with Crippen LogP contribution < -0.4 is 4.90 Å². The molecule has 2 atom stereocenters. The molecule has 6 rings (SSSR count). The molecule has 2 saturated heterocycles. The molecule has 8 nitrogen and oxygen atoms in total. The predicted molar refractivity (Wildman–Crippen MR) is 118 cm³/mol. The Labute approximate surface area is 186 Å². The fourth-order valence-corrected chi connectivity index (χ4v) is 5.43. The lowest BCUT2D eigenvalue weighted by atomic mass is 9.75. The van der Waals surface area contributed by atoms with E-state index in [1.165, 1.54) is 0 Å². The number of ether oxygens (including phenoxy) is 1. The molecule has 8 heteroatoms. The van der Waals surface area contributed by atoms with Gasteiger partial charge in [0, 0.05) is 47.6 Å². The lowest BCUT2D eigenvalue weighted by Crippen LogP contribution is -2.43. The number of hydrogen-bond donors (Lipinski definition) is 0. The first-order valence-electron chi connectivity index (χ1n) is 11.2. The van der Waals surface area contributed by atoms with Crippen molar-refractivity contribution in [3.05, 3.63) is 36.9 Å². The highest BCUT2D eigenvalue weighted by Crippen LogP contribution is 2.54. The van der Waals surface area contributed by atoms with Crippen molar-refractivity contribution in [3.63, 3.8) is 0 Å². The summed E-state index contributed by atoms with van der Waals surface area (Å²) in [4.78, 5) is 15.3. The molecule has 3 aromatic heterocycles. The van der Waals surface area contributed by atoms with E-state index in [1.54, 1.807) is 11.1 Å². The molecule has 2 aliphatic heterocycles. The molecule has 0 spiro atoms. The van der Waals surface area contributed by atoms with Gasteiger partial charge < -0.3 is 9.64 Å². The lowest BCUT2D eigenvalue weighted by Gasteiger charge is -2.37. The van der Waals surface area contributed by atoms with Crippen LogP contribution in [0, 0.1) is 34.0 Å². The van der Waals surface area contributed by atoms with Gasteiger partial charge in [0.2, 0.25) is 5.91 Å². The topological polar surface area (TPSA) is 88.4 Å². The van der Waals surface area contributed by atoms with E-state index in [-0.39, 0.29) is 23.2 Å². The maximum Gasteiger partial charge on any atom is 0.248 e. The third kappa shape index (κ3) is 2.74. The van der Waals surface area contributed by atoms with E-state index in [0.717, 1.165) is 54.9 Å². The molecule has 32 heavy (non-hydrogen) atoms. The molecule has 1 saturated carbocycles. The van der Waals surface area contributed by atoms with E-state index < -0.39 is 5.41 Å². The number of amides is 1. The third-order valence-electron chi connectivity index (χ3n) is 7.43. The Bertz CT molecular complexity index is 1260. The predicted octanol–water partition coefficient (Wildman–Crippen LogP) is 3.14. The second kappa shape index (κ2) is 6.66. The van der Waals surface area contributed by atoms with E-state index in [1.807, 2.05) is 34.6 Å². The number of nitriles is 1. The summed E-state index contributed by atoms with van der Waals surface area (Å²) in [5.74, 6) is 0.133. The minimum atomic E-state index is -0.891. The first-order chi connectivity index (χ1) is 15.4. The van der Waals surface area contributed by atoms with Gasteiger partial charge in [-0.05, 0) is 30.9 Å².